The first-order valence-corrected chi connectivity index (χ1v) is 24.5. The van der Waals surface area contributed by atoms with E-state index in [0.717, 1.165) is 122 Å². The van der Waals surface area contributed by atoms with Crippen LogP contribution in [0, 0.1) is 23.6 Å². The second-order valence-corrected chi connectivity index (χ2v) is 20.4. The van der Waals surface area contributed by atoms with Gasteiger partial charge < -0.3 is 30.1 Å². The minimum Gasteiger partial charge on any atom is -0.453 e. The number of hydrogen-bond acceptors (Lipinski definition) is 9. The third-order valence-electron chi connectivity index (χ3n) is 14.6. The van der Waals surface area contributed by atoms with E-state index in [-0.39, 0.29) is 38.9 Å². The first-order chi connectivity index (χ1) is 30.1. The Hall–Kier alpha value is -4.30. The van der Waals surface area contributed by atoms with E-state index >= 15 is 4.39 Å². The maximum Gasteiger partial charge on any atom is 0.407 e. The van der Waals surface area contributed by atoms with Crippen LogP contribution < -0.4 is 15.5 Å². The Bertz CT molecular complexity index is 2140. The van der Waals surface area contributed by atoms with E-state index < -0.39 is 15.9 Å². The number of nitrogens with zero attached hydrogens (tertiary/aromatic N) is 4. The van der Waals surface area contributed by atoms with Crippen molar-refractivity contribution < 1.29 is 27.1 Å². The summed E-state index contributed by atoms with van der Waals surface area (Å²) in [6.45, 7) is 10.6. The summed E-state index contributed by atoms with van der Waals surface area (Å²) in [7, 11) is -2.38. The Labute approximate surface area is 368 Å². The molecule has 0 bridgehead atoms. The summed E-state index contributed by atoms with van der Waals surface area (Å²) in [6, 6.07) is 21.0. The van der Waals surface area contributed by atoms with Crippen LogP contribution in [0.25, 0.3) is 0 Å². The van der Waals surface area contributed by atoms with Crippen LogP contribution in [-0.4, -0.2) is 120 Å². The lowest BCUT2D eigenvalue weighted by atomic mass is 9.57. The highest BCUT2D eigenvalue weighted by atomic mass is 32.2. The van der Waals surface area contributed by atoms with E-state index in [1.807, 2.05) is 24.3 Å². The fourth-order valence-electron chi connectivity index (χ4n) is 11.3. The summed E-state index contributed by atoms with van der Waals surface area (Å²) in [5, 5.41) is 6.02. The highest BCUT2D eigenvalue weighted by Gasteiger charge is 2.53. The lowest BCUT2D eigenvalue weighted by molar-refractivity contribution is -0.111. The van der Waals surface area contributed by atoms with Gasteiger partial charge in [0.05, 0.1) is 16.9 Å². The van der Waals surface area contributed by atoms with Gasteiger partial charge in [-0.05, 0) is 169 Å². The molecular weight excluding hydrogens is 804 g/mol. The molecule has 62 heavy (non-hydrogen) atoms. The van der Waals surface area contributed by atoms with Crippen molar-refractivity contribution in [3.8, 4) is 0 Å². The fraction of sp³-hybridized carbons (Fsp3) is 0.551. The Balaban J connectivity index is 0.877. The molecule has 2 N–H and O–H groups in total. The molecule has 4 saturated heterocycles. The SMILES string of the molecule is COC(=O)N[C@H]1CCC[C@@H]1C(CN1CCC1)(c1cccc(F)c1)C1CCN(C[C@@H]2CCN(c3ccc(S(=O)(=O)c4cccc(NC(=O)/C=C/CN5CCCCC5)c4)cc3)C2)CC1. The number of likely N-dealkylation sites (tertiary alicyclic amines) is 3. The fourth-order valence-corrected chi connectivity index (χ4v) is 12.6. The lowest BCUT2D eigenvalue weighted by Crippen LogP contribution is -2.59. The largest absolute Gasteiger partial charge is 0.453 e. The van der Waals surface area contributed by atoms with Gasteiger partial charge in [0, 0.05) is 61.6 Å². The Kier molecular flexibility index (Phi) is 14.3. The minimum atomic E-state index is -3.80. The highest BCUT2D eigenvalue weighted by Crippen LogP contribution is 2.51. The number of alkyl carbamates (subject to hydrolysis) is 1. The van der Waals surface area contributed by atoms with Crippen molar-refractivity contribution in [2.24, 2.45) is 17.8 Å². The predicted molar refractivity (Wildman–Crippen MR) is 242 cm³/mol. The zero-order valence-corrected chi connectivity index (χ0v) is 37.2. The van der Waals surface area contributed by atoms with Crippen LogP contribution in [-0.2, 0) is 24.8 Å². The number of benzene rings is 3. The maximum absolute atomic E-state index is 15.1. The molecule has 11 nitrogen and oxygen atoms in total. The van der Waals surface area contributed by atoms with Crippen molar-refractivity contribution in [3.63, 3.8) is 0 Å². The Morgan fingerprint density at radius 2 is 1.55 bits per heavy atom. The van der Waals surface area contributed by atoms with Crippen molar-refractivity contribution in [3.05, 3.63) is 96.3 Å². The van der Waals surface area contributed by atoms with Gasteiger partial charge in [-0.25, -0.2) is 17.6 Å². The molecule has 1 saturated carbocycles. The van der Waals surface area contributed by atoms with Crippen LogP contribution in [0.1, 0.15) is 69.8 Å². The number of amides is 2. The van der Waals surface area contributed by atoms with Crippen LogP contribution in [0.3, 0.4) is 0 Å². The van der Waals surface area contributed by atoms with Crippen LogP contribution in [0.15, 0.2) is 94.7 Å². The number of carbonyl (C=O) groups excluding carboxylic acids is 2. The molecule has 3 aromatic carbocycles. The van der Waals surface area contributed by atoms with Crippen LogP contribution >= 0.6 is 0 Å². The van der Waals surface area contributed by atoms with E-state index in [1.54, 1.807) is 42.5 Å². The monoisotopic (exact) mass is 868 g/mol. The molecule has 8 rings (SSSR count). The quantitative estimate of drug-likeness (QED) is 0.152. The van der Waals surface area contributed by atoms with Gasteiger partial charge in [0.25, 0.3) is 0 Å². The number of methoxy groups -OCH3 is 1. The van der Waals surface area contributed by atoms with Gasteiger partial charge >= 0.3 is 6.09 Å². The van der Waals surface area contributed by atoms with Crippen molar-refractivity contribution >= 4 is 33.2 Å². The number of carbonyl (C=O) groups is 2. The Morgan fingerprint density at radius 3 is 2.27 bits per heavy atom. The molecular formula is C49H65FN6O5S. The smallest absolute Gasteiger partial charge is 0.407 e. The minimum absolute atomic E-state index is 0.0178. The summed E-state index contributed by atoms with van der Waals surface area (Å²) in [4.78, 5) is 35.4. The van der Waals surface area contributed by atoms with E-state index in [1.165, 1.54) is 44.9 Å². The molecule has 3 aromatic rings. The second kappa shape index (κ2) is 20.0. The van der Waals surface area contributed by atoms with E-state index in [2.05, 4.69) is 36.3 Å². The summed E-state index contributed by atoms with van der Waals surface area (Å²) in [6.07, 6.45) is 13.8. The summed E-state index contributed by atoms with van der Waals surface area (Å²) >= 11 is 0. The van der Waals surface area contributed by atoms with Gasteiger partial charge in [-0.1, -0.05) is 37.1 Å². The molecule has 4 heterocycles. The lowest BCUT2D eigenvalue weighted by Gasteiger charge is -2.53. The average Bonchev–Trinajstić information content (AvgIpc) is 3.94. The predicted octanol–water partition coefficient (Wildman–Crippen LogP) is 7.35. The standard InChI is InChI=1S/C49H65FN6O5S/c1-61-48(58)52-46-15-7-14-45(46)49(36-55-27-9-28-55,39-10-5-11-40(50)32-39)38-22-29-54(30-23-38)34-37-21-31-56(35-37)42-17-19-43(20-18-42)62(59,60)44-13-6-12-41(33-44)51-47(57)16-8-26-53-24-3-2-4-25-53/h5-6,8,10-13,16-20,32-33,37-38,45-46H,2-4,7,9,14-15,21-31,34-36H2,1H3,(H,51,57)(H,52,58)/b16-8+/t37-,45-,46-,49?/m0/s1. The van der Waals surface area contributed by atoms with Crippen molar-refractivity contribution in [2.45, 2.75) is 85.5 Å². The van der Waals surface area contributed by atoms with Crippen LogP contribution in [0.2, 0.25) is 0 Å². The number of rotatable bonds is 15. The van der Waals surface area contributed by atoms with Gasteiger partial charge in [-0.2, -0.15) is 0 Å². The van der Waals surface area contributed by atoms with Crippen molar-refractivity contribution in [1.29, 1.82) is 0 Å². The highest BCUT2D eigenvalue weighted by molar-refractivity contribution is 7.91. The van der Waals surface area contributed by atoms with Crippen LogP contribution in [0.5, 0.6) is 0 Å². The number of halogens is 1. The van der Waals surface area contributed by atoms with E-state index in [9.17, 15) is 18.0 Å². The van der Waals surface area contributed by atoms with Gasteiger partial charge in [0.2, 0.25) is 15.7 Å². The molecule has 0 spiro atoms. The molecule has 5 fully saturated rings. The van der Waals surface area contributed by atoms with Gasteiger partial charge in [-0.15, -0.1) is 0 Å². The molecule has 4 atom stereocenters. The van der Waals surface area contributed by atoms with Gasteiger partial charge in [-0.3, -0.25) is 9.69 Å². The number of ether oxygens (including phenoxy) is 1. The molecule has 1 aliphatic carbocycles. The van der Waals surface area contributed by atoms with Gasteiger partial charge in [0.15, 0.2) is 0 Å². The average molecular weight is 869 g/mol. The molecule has 13 heteroatoms. The van der Waals surface area contributed by atoms with Crippen molar-refractivity contribution in [1.82, 2.24) is 20.0 Å². The first-order valence-electron chi connectivity index (χ1n) is 23.1. The summed E-state index contributed by atoms with van der Waals surface area (Å²) in [5.74, 6) is 0.538. The third kappa shape index (κ3) is 10.2. The molecule has 334 valence electrons. The number of nitrogens with one attached hydrogen (secondary N) is 2. The third-order valence-corrected chi connectivity index (χ3v) is 16.4. The molecule has 0 aromatic heterocycles. The number of sulfone groups is 1. The summed E-state index contributed by atoms with van der Waals surface area (Å²) in [5.41, 5.74) is 2.24. The first kappa shape index (κ1) is 44.3. The van der Waals surface area contributed by atoms with E-state index in [0.29, 0.717) is 17.5 Å². The normalized spacial score (nSPS) is 24.2. The topological polar surface area (TPSA) is 115 Å². The second-order valence-electron chi connectivity index (χ2n) is 18.4. The Morgan fingerprint density at radius 1 is 0.790 bits per heavy atom. The summed E-state index contributed by atoms with van der Waals surface area (Å²) < 4.78 is 47.6. The zero-order chi connectivity index (χ0) is 43.1. The van der Waals surface area contributed by atoms with E-state index in [4.69, 9.17) is 4.74 Å². The molecule has 5 aliphatic rings. The van der Waals surface area contributed by atoms with Crippen LogP contribution in [0.4, 0.5) is 20.6 Å². The molecule has 0 radical (unpaired) electrons. The van der Waals surface area contributed by atoms with Gasteiger partial charge in [0.1, 0.15) is 5.82 Å². The molecule has 4 aliphatic heterocycles. The number of piperidine rings is 2. The number of hydrogen-bond donors (Lipinski definition) is 2. The molecule has 1 unspecified atom stereocenters. The zero-order valence-electron chi connectivity index (χ0n) is 36.4. The number of anilines is 2. The molecule has 2 amide bonds. The van der Waals surface area contributed by atoms with Crippen molar-refractivity contribution in [2.75, 3.05) is 89.3 Å². The maximum atomic E-state index is 15.1.